The zero-order valence-corrected chi connectivity index (χ0v) is 15.5. The lowest BCUT2D eigenvalue weighted by molar-refractivity contribution is -0.143. The molecule has 28 heavy (non-hydrogen) atoms. The molecule has 0 aromatic rings. The summed E-state index contributed by atoms with van der Waals surface area (Å²) in [4.78, 5) is 59.8. The van der Waals surface area contributed by atoms with Gasteiger partial charge in [-0.2, -0.15) is 0 Å². The lowest BCUT2D eigenvalue weighted by atomic mass is 10.1. The molecule has 1 saturated heterocycles. The standard InChI is InChI=1S/C16H26N4O8/c1-8(21)13(17)15(27)19-9(4-5-11(22)23)16(28)20-6-2-3-10(20)14(26)18-7-12(24)25/h8-10,13,21H,2-7,17H2,1H3,(H,18,26)(H,19,27)(H,22,23)(H,24,25). The fraction of sp³-hybridized carbons (Fsp3) is 0.688. The van der Waals surface area contributed by atoms with Crippen molar-refractivity contribution in [2.45, 2.75) is 56.8 Å². The topological polar surface area (TPSA) is 199 Å². The number of nitrogens with two attached hydrogens (primary N) is 1. The van der Waals surface area contributed by atoms with Crippen LogP contribution in [0.1, 0.15) is 32.6 Å². The van der Waals surface area contributed by atoms with Crippen LogP contribution in [0.5, 0.6) is 0 Å². The monoisotopic (exact) mass is 402 g/mol. The number of carbonyl (C=O) groups excluding carboxylic acids is 3. The van der Waals surface area contributed by atoms with Gasteiger partial charge in [-0.15, -0.1) is 0 Å². The van der Waals surface area contributed by atoms with Crippen molar-refractivity contribution in [3.8, 4) is 0 Å². The van der Waals surface area contributed by atoms with Crippen LogP contribution in [0.4, 0.5) is 0 Å². The molecule has 0 aromatic heterocycles. The largest absolute Gasteiger partial charge is 0.481 e. The summed E-state index contributed by atoms with van der Waals surface area (Å²) in [6.07, 6.45) is -1.03. The fourth-order valence-corrected chi connectivity index (χ4v) is 2.80. The van der Waals surface area contributed by atoms with Gasteiger partial charge in [-0.25, -0.2) is 0 Å². The van der Waals surface area contributed by atoms with Gasteiger partial charge in [0.25, 0.3) is 0 Å². The Morgan fingerprint density at radius 3 is 2.36 bits per heavy atom. The minimum absolute atomic E-state index is 0.200. The minimum Gasteiger partial charge on any atom is -0.481 e. The number of nitrogens with zero attached hydrogens (tertiary/aromatic N) is 1. The van der Waals surface area contributed by atoms with E-state index >= 15 is 0 Å². The quantitative estimate of drug-likeness (QED) is 0.224. The molecule has 7 N–H and O–H groups in total. The summed E-state index contributed by atoms with van der Waals surface area (Å²) in [5.74, 6) is -4.55. The summed E-state index contributed by atoms with van der Waals surface area (Å²) < 4.78 is 0. The summed E-state index contributed by atoms with van der Waals surface area (Å²) in [7, 11) is 0. The van der Waals surface area contributed by atoms with Gasteiger partial charge < -0.3 is 36.6 Å². The van der Waals surface area contributed by atoms with Gasteiger partial charge in [-0.05, 0) is 26.2 Å². The maximum atomic E-state index is 12.9. The Morgan fingerprint density at radius 2 is 1.82 bits per heavy atom. The predicted octanol–water partition coefficient (Wildman–Crippen LogP) is -2.76. The molecular weight excluding hydrogens is 376 g/mol. The Kier molecular flexibility index (Phi) is 8.79. The SMILES string of the molecule is CC(O)C(N)C(=O)NC(CCC(=O)O)C(=O)N1CCCC1C(=O)NCC(=O)O. The van der Waals surface area contributed by atoms with Crippen LogP contribution in [0.3, 0.4) is 0 Å². The number of carbonyl (C=O) groups is 5. The van der Waals surface area contributed by atoms with Gasteiger partial charge in [0.05, 0.1) is 6.10 Å². The minimum atomic E-state index is -1.31. The first-order valence-electron chi connectivity index (χ1n) is 8.80. The average Bonchev–Trinajstić information content (AvgIpc) is 3.11. The van der Waals surface area contributed by atoms with Crippen molar-refractivity contribution >= 4 is 29.7 Å². The molecule has 4 atom stereocenters. The molecule has 4 unspecified atom stereocenters. The summed E-state index contributed by atoms with van der Waals surface area (Å²) in [5.41, 5.74) is 5.54. The Bertz CT molecular complexity index is 624. The van der Waals surface area contributed by atoms with Crippen LogP contribution in [0.2, 0.25) is 0 Å². The number of hydrogen-bond donors (Lipinski definition) is 6. The van der Waals surface area contributed by atoms with E-state index in [0.29, 0.717) is 12.8 Å². The average molecular weight is 402 g/mol. The number of aliphatic carboxylic acids is 2. The van der Waals surface area contributed by atoms with Crippen LogP contribution in [-0.4, -0.2) is 87.2 Å². The second kappa shape index (κ2) is 10.6. The number of aliphatic hydroxyl groups is 1. The molecular formula is C16H26N4O8. The number of amides is 3. The van der Waals surface area contributed by atoms with Crippen molar-refractivity contribution in [3.63, 3.8) is 0 Å². The van der Waals surface area contributed by atoms with E-state index in [9.17, 15) is 29.1 Å². The molecule has 12 nitrogen and oxygen atoms in total. The lowest BCUT2D eigenvalue weighted by Gasteiger charge is -2.29. The Labute approximate surface area is 161 Å². The maximum Gasteiger partial charge on any atom is 0.322 e. The van der Waals surface area contributed by atoms with Crippen molar-refractivity contribution in [2.24, 2.45) is 5.73 Å². The molecule has 158 valence electrons. The highest BCUT2D eigenvalue weighted by Crippen LogP contribution is 2.19. The third-order valence-electron chi connectivity index (χ3n) is 4.34. The molecule has 1 heterocycles. The maximum absolute atomic E-state index is 12.9. The molecule has 0 radical (unpaired) electrons. The van der Waals surface area contributed by atoms with Gasteiger partial charge >= 0.3 is 11.9 Å². The van der Waals surface area contributed by atoms with Gasteiger partial charge in [-0.3, -0.25) is 24.0 Å². The van der Waals surface area contributed by atoms with Gasteiger partial charge in [-0.1, -0.05) is 0 Å². The number of aliphatic hydroxyl groups excluding tert-OH is 1. The fourth-order valence-electron chi connectivity index (χ4n) is 2.80. The number of hydrogen-bond acceptors (Lipinski definition) is 7. The predicted molar refractivity (Wildman–Crippen MR) is 93.8 cm³/mol. The number of nitrogens with one attached hydrogen (secondary N) is 2. The first-order chi connectivity index (χ1) is 13.0. The zero-order chi connectivity index (χ0) is 21.4. The molecule has 0 spiro atoms. The third kappa shape index (κ3) is 6.78. The first-order valence-corrected chi connectivity index (χ1v) is 8.80. The van der Waals surface area contributed by atoms with Crippen molar-refractivity contribution in [1.82, 2.24) is 15.5 Å². The van der Waals surface area contributed by atoms with Crippen LogP contribution >= 0.6 is 0 Å². The normalized spacial score (nSPS) is 19.4. The van der Waals surface area contributed by atoms with Crippen LogP contribution in [0.15, 0.2) is 0 Å². The van der Waals surface area contributed by atoms with E-state index in [-0.39, 0.29) is 13.0 Å². The number of likely N-dealkylation sites (tertiary alicyclic amines) is 1. The van der Waals surface area contributed by atoms with E-state index in [4.69, 9.17) is 15.9 Å². The van der Waals surface area contributed by atoms with Crippen LogP contribution in [0, 0.1) is 0 Å². The summed E-state index contributed by atoms with van der Waals surface area (Å²) in [6.45, 7) is 0.896. The first kappa shape index (κ1) is 23.3. The van der Waals surface area contributed by atoms with Gasteiger partial charge in [0.2, 0.25) is 17.7 Å². The van der Waals surface area contributed by atoms with Gasteiger partial charge in [0.1, 0.15) is 24.7 Å². The molecule has 12 heteroatoms. The molecule has 0 bridgehead atoms. The Morgan fingerprint density at radius 1 is 1.18 bits per heavy atom. The Balaban J connectivity index is 2.90. The molecule has 1 rings (SSSR count). The van der Waals surface area contributed by atoms with Crippen molar-refractivity contribution < 1.29 is 39.3 Å². The molecule has 1 fully saturated rings. The molecule has 1 aliphatic heterocycles. The number of rotatable bonds is 10. The summed E-state index contributed by atoms with van der Waals surface area (Å²) in [5, 5.41) is 31.5. The van der Waals surface area contributed by atoms with E-state index in [1.54, 1.807) is 0 Å². The van der Waals surface area contributed by atoms with E-state index in [1.165, 1.54) is 11.8 Å². The van der Waals surface area contributed by atoms with E-state index in [1.807, 2.05) is 0 Å². The van der Waals surface area contributed by atoms with Gasteiger partial charge in [0, 0.05) is 13.0 Å². The smallest absolute Gasteiger partial charge is 0.322 e. The highest BCUT2D eigenvalue weighted by Gasteiger charge is 2.38. The van der Waals surface area contributed by atoms with E-state index in [2.05, 4.69) is 10.6 Å². The van der Waals surface area contributed by atoms with Crippen molar-refractivity contribution in [3.05, 3.63) is 0 Å². The second-order valence-corrected chi connectivity index (χ2v) is 6.56. The van der Waals surface area contributed by atoms with Crippen LogP contribution in [-0.2, 0) is 24.0 Å². The third-order valence-corrected chi connectivity index (χ3v) is 4.34. The summed E-state index contributed by atoms with van der Waals surface area (Å²) in [6, 6.07) is -3.48. The van der Waals surface area contributed by atoms with Crippen LogP contribution < -0.4 is 16.4 Å². The van der Waals surface area contributed by atoms with Crippen molar-refractivity contribution in [2.75, 3.05) is 13.1 Å². The highest BCUT2D eigenvalue weighted by molar-refractivity contribution is 5.94. The zero-order valence-electron chi connectivity index (χ0n) is 15.5. The van der Waals surface area contributed by atoms with Crippen molar-refractivity contribution in [1.29, 1.82) is 0 Å². The second-order valence-electron chi connectivity index (χ2n) is 6.56. The van der Waals surface area contributed by atoms with Crippen LogP contribution in [0.25, 0.3) is 0 Å². The molecule has 0 saturated carbocycles. The molecule has 0 aliphatic carbocycles. The highest BCUT2D eigenvalue weighted by atomic mass is 16.4. The molecule has 0 aromatic carbocycles. The lowest BCUT2D eigenvalue weighted by Crippen LogP contribution is -2.57. The Hall–Kier alpha value is -2.73. The number of carboxylic acids is 2. The molecule has 1 aliphatic rings. The number of carboxylic acid groups (broad SMARTS) is 2. The molecule has 3 amide bonds. The van der Waals surface area contributed by atoms with E-state index < -0.39 is 66.9 Å². The van der Waals surface area contributed by atoms with E-state index in [0.717, 1.165) is 0 Å². The van der Waals surface area contributed by atoms with Gasteiger partial charge in [0.15, 0.2) is 0 Å². The summed E-state index contributed by atoms with van der Waals surface area (Å²) >= 11 is 0.